The van der Waals surface area contributed by atoms with E-state index in [0.717, 1.165) is 31.2 Å². The number of benzene rings is 1. The molecule has 0 aliphatic heterocycles. The summed E-state index contributed by atoms with van der Waals surface area (Å²) in [6.45, 7) is 2.12. The van der Waals surface area contributed by atoms with Crippen molar-refractivity contribution in [1.29, 1.82) is 0 Å². The first-order valence-corrected chi connectivity index (χ1v) is 11.2. The molecule has 1 saturated carbocycles. The molecule has 1 aromatic carbocycles. The van der Waals surface area contributed by atoms with E-state index in [-0.39, 0.29) is 18.5 Å². The van der Waals surface area contributed by atoms with Gasteiger partial charge in [0.15, 0.2) is 0 Å². The minimum Gasteiger partial charge on any atom is -0.346 e. The summed E-state index contributed by atoms with van der Waals surface area (Å²) >= 11 is 5.84. The van der Waals surface area contributed by atoms with Gasteiger partial charge in [-0.25, -0.2) is 13.1 Å². The van der Waals surface area contributed by atoms with Gasteiger partial charge in [-0.1, -0.05) is 23.7 Å². The summed E-state index contributed by atoms with van der Waals surface area (Å²) in [5, 5.41) is 6.93. The first-order chi connectivity index (χ1) is 13.3. The van der Waals surface area contributed by atoms with E-state index in [1.807, 2.05) is 0 Å². The largest absolute Gasteiger partial charge is 0.346 e. The number of halogens is 1. The number of hydrogen-bond acceptors (Lipinski definition) is 6. The van der Waals surface area contributed by atoms with Gasteiger partial charge < -0.3 is 9.84 Å². The van der Waals surface area contributed by atoms with Crippen LogP contribution in [0.15, 0.2) is 28.8 Å². The Morgan fingerprint density at radius 1 is 1.21 bits per heavy atom. The van der Waals surface area contributed by atoms with Crippen LogP contribution >= 0.6 is 11.6 Å². The zero-order valence-electron chi connectivity index (χ0n) is 15.5. The second-order valence-electron chi connectivity index (χ2n) is 7.13. The number of rotatable bonds is 7. The average molecular weight is 427 g/mol. The quantitative estimate of drug-likeness (QED) is 0.703. The molecule has 1 aromatic heterocycles. The van der Waals surface area contributed by atoms with Crippen LogP contribution in [-0.4, -0.2) is 36.3 Å². The minimum absolute atomic E-state index is 0.0457. The van der Waals surface area contributed by atoms with Crippen molar-refractivity contribution < 1.29 is 17.7 Å². The first kappa shape index (κ1) is 20.8. The molecule has 0 spiro atoms. The Morgan fingerprint density at radius 2 is 1.89 bits per heavy atom. The molecule has 1 aliphatic rings. The monoisotopic (exact) mass is 426 g/mol. The molecule has 0 atom stereocenters. The molecule has 0 radical (unpaired) electrons. The van der Waals surface area contributed by atoms with E-state index in [2.05, 4.69) is 27.1 Å². The Balaban J connectivity index is 1.48. The lowest BCUT2D eigenvalue weighted by Gasteiger charge is -2.26. The number of amides is 1. The summed E-state index contributed by atoms with van der Waals surface area (Å²) in [7, 11) is -3.69. The summed E-state index contributed by atoms with van der Waals surface area (Å²) in [5.41, 5.74) is 0.722. The molecule has 2 N–H and O–H groups in total. The van der Waals surface area contributed by atoms with Crippen molar-refractivity contribution in [1.82, 2.24) is 20.2 Å². The molecular weight excluding hydrogens is 404 g/mol. The van der Waals surface area contributed by atoms with E-state index in [1.165, 1.54) is 0 Å². The van der Waals surface area contributed by atoms with Gasteiger partial charge in [-0.2, -0.15) is 4.98 Å². The number of nitrogens with zero attached hydrogens (tertiary/aromatic N) is 2. The third-order valence-electron chi connectivity index (χ3n) is 4.69. The highest BCUT2D eigenvalue weighted by Crippen LogP contribution is 2.24. The summed E-state index contributed by atoms with van der Waals surface area (Å²) in [4.78, 5) is 16.2. The van der Waals surface area contributed by atoms with Crippen molar-refractivity contribution in [2.75, 3.05) is 5.75 Å². The maximum atomic E-state index is 12.2. The minimum atomic E-state index is -3.69. The fraction of sp³-hybridized carbons (Fsp3) is 0.500. The SMILES string of the molecule is CC1CCC(NS(=O)(=O)CC(=O)NCc2nc(-c3ccc(Cl)cc3)no2)CC1. The second-order valence-corrected chi connectivity index (χ2v) is 9.32. The fourth-order valence-corrected chi connectivity index (χ4v) is 4.51. The van der Waals surface area contributed by atoms with E-state index in [0.29, 0.717) is 16.8 Å². The molecule has 1 amide bonds. The van der Waals surface area contributed by atoms with E-state index >= 15 is 0 Å². The van der Waals surface area contributed by atoms with Crippen LogP contribution in [0.2, 0.25) is 5.02 Å². The van der Waals surface area contributed by atoms with Crippen LogP contribution in [0.4, 0.5) is 0 Å². The maximum absolute atomic E-state index is 12.2. The summed E-state index contributed by atoms with van der Waals surface area (Å²) < 4.78 is 32.1. The van der Waals surface area contributed by atoms with Crippen LogP contribution in [-0.2, 0) is 21.4 Å². The normalized spacial score (nSPS) is 20.1. The molecule has 0 unspecified atom stereocenters. The molecular formula is C18H23ClN4O4S. The summed E-state index contributed by atoms with van der Waals surface area (Å²) in [6.07, 6.45) is 3.59. The van der Waals surface area contributed by atoms with Gasteiger partial charge in [0.2, 0.25) is 27.6 Å². The standard InChI is InChI=1S/C18H23ClN4O4S/c1-12-2-8-15(9-3-12)23-28(25,26)11-16(24)20-10-17-21-18(22-27-17)13-4-6-14(19)7-5-13/h4-7,12,15,23H,2-3,8-11H2,1H3,(H,20,24). The predicted molar refractivity (Wildman–Crippen MR) is 105 cm³/mol. The van der Waals surface area contributed by atoms with Crippen LogP contribution in [0.5, 0.6) is 0 Å². The van der Waals surface area contributed by atoms with Gasteiger partial charge in [0, 0.05) is 16.6 Å². The Kier molecular flexibility index (Phi) is 6.69. The number of nitrogens with one attached hydrogen (secondary N) is 2. The molecule has 1 aliphatic carbocycles. The molecule has 8 nitrogen and oxygen atoms in total. The number of carbonyl (C=O) groups is 1. The Bertz CT molecular complexity index is 906. The van der Waals surface area contributed by atoms with Crippen molar-refractivity contribution >= 4 is 27.5 Å². The lowest BCUT2D eigenvalue weighted by atomic mass is 9.88. The van der Waals surface area contributed by atoms with Crippen molar-refractivity contribution in [3.05, 3.63) is 35.2 Å². The van der Waals surface area contributed by atoms with E-state index < -0.39 is 21.7 Å². The molecule has 3 rings (SSSR count). The lowest BCUT2D eigenvalue weighted by Crippen LogP contribution is -2.42. The third-order valence-corrected chi connectivity index (χ3v) is 6.28. The van der Waals surface area contributed by atoms with E-state index in [9.17, 15) is 13.2 Å². The fourth-order valence-electron chi connectivity index (χ4n) is 3.11. The van der Waals surface area contributed by atoms with Gasteiger partial charge in [0.05, 0.1) is 6.54 Å². The summed E-state index contributed by atoms with van der Waals surface area (Å²) in [6, 6.07) is 6.82. The summed E-state index contributed by atoms with van der Waals surface area (Å²) in [5.74, 6) is -0.0807. The van der Waals surface area contributed by atoms with Crippen LogP contribution in [0, 0.1) is 5.92 Å². The van der Waals surface area contributed by atoms with Crippen LogP contribution < -0.4 is 10.0 Å². The molecule has 28 heavy (non-hydrogen) atoms. The van der Waals surface area contributed by atoms with Crippen molar-refractivity contribution in [3.8, 4) is 11.4 Å². The van der Waals surface area contributed by atoms with E-state index in [1.54, 1.807) is 24.3 Å². The number of carbonyl (C=O) groups excluding carboxylic acids is 1. The van der Waals surface area contributed by atoms with Crippen LogP contribution in [0.1, 0.15) is 38.5 Å². The van der Waals surface area contributed by atoms with Gasteiger partial charge in [-0.05, 0) is 55.9 Å². The molecule has 1 heterocycles. The Morgan fingerprint density at radius 3 is 2.57 bits per heavy atom. The van der Waals surface area contributed by atoms with Crippen LogP contribution in [0.25, 0.3) is 11.4 Å². The third kappa shape index (κ3) is 6.02. The zero-order chi connectivity index (χ0) is 20.1. The molecule has 0 bridgehead atoms. The van der Waals surface area contributed by atoms with Gasteiger partial charge in [0.25, 0.3) is 0 Å². The number of aromatic nitrogens is 2. The topological polar surface area (TPSA) is 114 Å². The highest BCUT2D eigenvalue weighted by atomic mass is 35.5. The van der Waals surface area contributed by atoms with Gasteiger partial charge in [-0.15, -0.1) is 0 Å². The van der Waals surface area contributed by atoms with Gasteiger partial charge in [-0.3, -0.25) is 4.79 Å². The molecule has 1 fully saturated rings. The maximum Gasteiger partial charge on any atom is 0.246 e. The predicted octanol–water partition coefficient (Wildman–Crippen LogP) is 2.50. The smallest absolute Gasteiger partial charge is 0.246 e. The highest BCUT2D eigenvalue weighted by molar-refractivity contribution is 7.90. The lowest BCUT2D eigenvalue weighted by molar-refractivity contribution is -0.118. The Labute approximate surface area is 169 Å². The molecule has 0 saturated heterocycles. The average Bonchev–Trinajstić information content (AvgIpc) is 3.11. The number of hydrogen-bond donors (Lipinski definition) is 2. The Hall–Kier alpha value is -1.97. The number of sulfonamides is 1. The van der Waals surface area contributed by atoms with E-state index in [4.69, 9.17) is 16.1 Å². The van der Waals surface area contributed by atoms with Crippen molar-refractivity contribution in [2.45, 2.75) is 45.2 Å². The van der Waals surface area contributed by atoms with Gasteiger partial charge in [0.1, 0.15) is 5.75 Å². The molecule has 10 heteroatoms. The van der Waals surface area contributed by atoms with Crippen molar-refractivity contribution in [3.63, 3.8) is 0 Å². The zero-order valence-corrected chi connectivity index (χ0v) is 17.1. The first-order valence-electron chi connectivity index (χ1n) is 9.16. The molecule has 2 aromatic rings. The second kappa shape index (κ2) is 9.02. The molecule has 152 valence electrons. The van der Waals surface area contributed by atoms with Crippen molar-refractivity contribution in [2.24, 2.45) is 5.92 Å². The van der Waals surface area contributed by atoms with Gasteiger partial charge >= 0.3 is 0 Å². The van der Waals surface area contributed by atoms with Crippen LogP contribution in [0.3, 0.4) is 0 Å². The highest BCUT2D eigenvalue weighted by Gasteiger charge is 2.24.